The van der Waals surface area contributed by atoms with Crippen LogP contribution < -0.4 is 0 Å². The van der Waals surface area contributed by atoms with Crippen LogP contribution in [-0.4, -0.2) is 30.0 Å². The van der Waals surface area contributed by atoms with Gasteiger partial charge in [-0.25, -0.2) is 4.68 Å². The van der Waals surface area contributed by atoms with Crippen LogP contribution >= 0.6 is 15.9 Å². The number of para-hydroxylation sites is 1. The highest BCUT2D eigenvalue weighted by Gasteiger charge is 2.21. The number of nitrogens with zero attached hydrogens (tertiary/aromatic N) is 6. The van der Waals surface area contributed by atoms with Crippen LogP contribution in [0.25, 0.3) is 34.0 Å². The van der Waals surface area contributed by atoms with Crippen LogP contribution in [-0.2, 0) is 0 Å². The van der Waals surface area contributed by atoms with Gasteiger partial charge < -0.3 is 0 Å². The number of halogens is 1. The second-order valence-corrected chi connectivity index (χ2v) is 7.33. The van der Waals surface area contributed by atoms with Crippen molar-refractivity contribution in [1.82, 2.24) is 30.0 Å². The van der Waals surface area contributed by atoms with Gasteiger partial charge in [0.25, 0.3) is 0 Å². The molecule has 0 atom stereocenters. The second-order valence-electron chi connectivity index (χ2n) is 6.41. The fourth-order valence-electron chi connectivity index (χ4n) is 3.26. The topological polar surface area (TPSA) is 61.4 Å². The van der Waals surface area contributed by atoms with E-state index in [0.717, 1.165) is 32.7 Å². The Labute approximate surface area is 175 Å². The highest BCUT2D eigenvalue weighted by Crippen LogP contribution is 2.33. The lowest BCUT2D eigenvalue weighted by atomic mass is 10.1. The number of tetrazole rings is 1. The molecule has 2 heterocycles. The van der Waals surface area contributed by atoms with E-state index in [2.05, 4.69) is 48.7 Å². The lowest BCUT2D eigenvalue weighted by Gasteiger charge is -2.10. The van der Waals surface area contributed by atoms with Crippen LogP contribution in [0, 0.1) is 0 Å². The molecule has 29 heavy (non-hydrogen) atoms. The maximum Gasteiger partial charge on any atom is 0.190 e. The molecule has 3 aromatic carbocycles. The Morgan fingerprint density at radius 2 is 1.34 bits per heavy atom. The number of hydrogen-bond acceptors (Lipinski definition) is 4. The fraction of sp³-hybridized carbons (Fsp3) is 0. The number of hydrogen-bond donors (Lipinski definition) is 0. The van der Waals surface area contributed by atoms with Gasteiger partial charge in [-0.1, -0.05) is 64.5 Å². The van der Waals surface area contributed by atoms with Crippen LogP contribution in [0.5, 0.6) is 0 Å². The van der Waals surface area contributed by atoms with Crippen LogP contribution in [0.4, 0.5) is 0 Å². The van der Waals surface area contributed by atoms with Gasteiger partial charge in [0.2, 0.25) is 0 Å². The second kappa shape index (κ2) is 7.44. The predicted octanol–water partition coefficient (Wildman–Crippen LogP) is 4.94. The van der Waals surface area contributed by atoms with E-state index in [9.17, 15) is 0 Å². The zero-order valence-electron chi connectivity index (χ0n) is 15.2. The van der Waals surface area contributed by atoms with Gasteiger partial charge in [-0.3, -0.25) is 0 Å². The van der Waals surface area contributed by atoms with Crippen molar-refractivity contribution in [2.45, 2.75) is 0 Å². The Hall–Kier alpha value is -3.58. The lowest BCUT2D eigenvalue weighted by Crippen LogP contribution is -2.02. The van der Waals surface area contributed by atoms with Gasteiger partial charge in [0.1, 0.15) is 0 Å². The van der Waals surface area contributed by atoms with Gasteiger partial charge in [0.05, 0.1) is 28.8 Å². The average molecular weight is 443 g/mol. The number of rotatable bonds is 4. The Morgan fingerprint density at radius 1 is 0.690 bits per heavy atom. The van der Waals surface area contributed by atoms with Crippen molar-refractivity contribution >= 4 is 15.9 Å². The van der Waals surface area contributed by atoms with E-state index < -0.39 is 0 Å². The SMILES string of the molecule is Brc1ccc(-n2nnnc2-c2cnn(-c3ccccc3)c2-c2ccccc2)cc1. The summed E-state index contributed by atoms with van der Waals surface area (Å²) in [6.07, 6.45) is 1.82. The van der Waals surface area contributed by atoms with Crippen LogP contribution in [0.2, 0.25) is 0 Å². The minimum absolute atomic E-state index is 0.633. The fourth-order valence-corrected chi connectivity index (χ4v) is 3.53. The number of aromatic nitrogens is 6. The molecular weight excluding hydrogens is 428 g/mol. The molecule has 0 N–H and O–H groups in total. The Kier molecular flexibility index (Phi) is 4.50. The van der Waals surface area contributed by atoms with Crippen LogP contribution in [0.3, 0.4) is 0 Å². The molecule has 5 rings (SSSR count). The van der Waals surface area contributed by atoms with Crippen molar-refractivity contribution in [3.63, 3.8) is 0 Å². The summed E-state index contributed by atoms with van der Waals surface area (Å²) in [5.41, 5.74) is 4.67. The molecular formula is C22H15BrN6. The van der Waals surface area contributed by atoms with E-state index in [0.29, 0.717) is 5.82 Å². The molecule has 0 amide bonds. The molecule has 0 aliphatic rings. The molecule has 0 saturated carbocycles. The van der Waals surface area contributed by atoms with Gasteiger partial charge in [0, 0.05) is 10.0 Å². The summed E-state index contributed by atoms with van der Waals surface area (Å²) >= 11 is 3.47. The van der Waals surface area contributed by atoms with Gasteiger partial charge >= 0.3 is 0 Å². The molecule has 0 unspecified atom stereocenters. The smallest absolute Gasteiger partial charge is 0.190 e. The molecule has 0 saturated heterocycles. The predicted molar refractivity (Wildman–Crippen MR) is 115 cm³/mol. The summed E-state index contributed by atoms with van der Waals surface area (Å²) in [5.74, 6) is 0.633. The van der Waals surface area contributed by atoms with Gasteiger partial charge in [-0.15, -0.1) is 5.10 Å². The molecule has 0 radical (unpaired) electrons. The van der Waals surface area contributed by atoms with Gasteiger partial charge in [0.15, 0.2) is 5.82 Å². The normalized spacial score (nSPS) is 10.9. The molecule has 2 aromatic heterocycles. The first-order valence-corrected chi connectivity index (χ1v) is 9.84. The summed E-state index contributed by atoms with van der Waals surface area (Å²) in [6.45, 7) is 0. The van der Waals surface area contributed by atoms with E-state index in [-0.39, 0.29) is 0 Å². The monoisotopic (exact) mass is 442 g/mol. The molecule has 0 aliphatic heterocycles. The Bertz CT molecular complexity index is 1240. The molecule has 0 fully saturated rings. The largest absolute Gasteiger partial charge is 0.232 e. The van der Waals surface area contributed by atoms with E-state index in [1.165, 1.54) is 0 Å². The first-order chi connectivity index (χ1) is 14.3. The quantitative estimate of drug-likeness (QED) is 0.395. The standard InChI is InChI=1S/C22H15BrN6/c23-17-11-13-19(14-12-17)29-22(25-26-27-29)20-15-24-28(18-9-5-2-6-10-18)21(20)16-7-3-1-4-8-16/h1-15H. The van der Waals surface area contributed by atoms with Crippen molar-refractivity contribution < 1.29 is 0 Å². The third kappa shape index (κ3) is 3.25. The molecule has 6 nitrogen and oxygen atoms in total. The summed E-state index contributed by atoms with van der Waals surface area (Å²) in [4.78, 5) is 0. The van der Waals surface area contributed by atoms with Crippen molar-refractivity contribution in [2.75, 3.05) is 0 Å². The summed E-state index contributed by atoms with van der Waals surface area (Å²) in [5, 5.41) is 17.1. The summed E-state index contributed by atoms with van der Waals surface area (Å²) in [7, 11) is 0. The minimum atomic E-state index is 0.633. The van der Waals surface area contributed by atoms with E-state index in [1.54, 1.807) is 4.68 Å². The summed E-state index contributed by atoms with van der Waals surface area (Å²) < 4.78 is 4.65. The van der Waals surface area contributed by atoms with Gasteiger partial charge in [-0.2, -0.15) is 9.78 Å². The maximum atomic E-state index is 4.67. The van der Waals surface area contributed by atoms with E-state index in [4.69, 9.17) is 0 Å². The lowest BCUT2D eigenvalue weighted by molar-refractivity contribution is 0.791. The first-order valence-electron chi connectivity index (χ1n) is 9.05. The zero-order valence-corrected chi connectivity index (χ0v) is 16.8. The first kappa shape index (κ1) is 17.5. The molecule has 0 aliphatic carbocycles. The minimum Gasteiger partial charge on any atom is -0.232 e. The Morgan fingerprint density at radius 3 is 2.07 bits per heavy atom. The molecule has 7 heteroatoms. The van der Waals surface area contributed by atoms with Gasteiger partial charge in [-0.05, 0) is 46.8 Å². The van der Waals surface area contributed by atoms with Crippen molar-refractivity contribution in [1.29, 1.82) is 0 Å². The van der Waals surface area contributed by atoms with Crippen LogP contribution in [0.15, 0.2) is 95.6 Å². The highest BCUT2D eigenvalue weighted by molar-refractivity contribution is 9.10. The third-order valence-electron chi connectivity index (χ3n) is 4.60. The van der Waals surface area contributed by atoms with E-state index in [1.807, 2.05) is 83.7 Å². The molecule has 0 spiro atoms. The molecule has 0 bridgehead atoms. The van der Waals surface area contributed by atoms with Crippen molar-refractivity contribution in [2.24, 2.45) is 0 Å². The third-order valence-corrected chi connectivity index (χ3v) is 5.13. The summed E-state index contributed by atoms with van der Waals surface area (Å²) in [6, 6.07) is 28.1. The average Bonchev–Trinajstić information content (AvgIpc) is 3.42. The maximum absolute atomic E-state index is 4.67. The highest BCUT2D eigenvalue weighted by atomic mass is 79.9. The molecule has 140 valence electrons. The van der Waals surface area contributed by atoms with Crippen molar-refractivity contribution in [3.8, 4) is 34.0 Å². The molecule has 5 aromatic rings. The van der Waals surface area contributed by atoms with Crippen molar-refractivity contribution in [3.05, 3.63) is 95.6 Å². The zero-order chi connectivity index (χ0) is 19.6. The number of benzene rings is 3. The Balaban J connectivity index is 1.73. The van der Waals surface area contributed by atoms with E-state index >= 15 is 0 Å². The van der Waals surface area contributed by atoms with Crippen LogP contribution in [0.1, 0.15) is 0 Å².